The smallest absolute Gasteiger partial charge is 0.275 e. The van der Waals surface area contributed by atoms with Crippen LogP contribution in [0.4, 0.5) is 5.69 Å². The molecule has 1 amide bonds. The van der Waals surface area contributed by atoms with E-state index in [1.54, 1.807) is 31.2 Å². The molecule has 7 nitrogen and oxygen atoms in total. The van der Waals surface area contributed by atoms with Crippen molar-refractivity contribution in [2.45, 2.75) is 6.92 Å². The van der Waals surface area contributed by atoms with Crippen LogP contribution in [-0.2, 0) is 0 Å². The number of hydrogen-bond donors (Lipinski definition) is 1. The number of aryl methyl sites for hydroxylation is 1. The first-order chi connectivity index (χ1) is 13.0. The minimum atomic E-state index is -0.453. The first-order valence-corrected chi connectivity index (χ1v) is 8.15. The van der Waals surface area contributed by atoms with E-state index in [0.717, 1.165) is 10.8 Å². The highest BCUT2D eigenvalue weighted by Gasteiger charge is 2.13. The highest BCUT2D eigenvalue weighted by Crippen LogP contribution is 2.26. The second-order valence-corrected chi connectivity index (χ2v) is 5.90. The van der Waals surface area contributed by atoms with Gasteiger partial charge in [-0.05, 0) is 29.8 Å². The number of rotatable bonds is 5. The molecule has 3 aromatic carbocycles. The van der Waals surface area contributed by atoms with Crippen LogP contribution in [0.3, 0.4) is 0 Å². The zero-order valence-corrected chi connectivity index (χ0v) is 14.8. The highest BCUT2D eigenvalue weighted by molar-refractivity contribution is 6.02. The fourth-order valence-corrected chi connectivity index (χ4v) is 2.69. The first-order valence-electron chi connectivity index (χ1n) is 8.15. The standard InChI is InChI=1S/C20H17N3O4/c1-13-7-8-14(9-18(13)23(25)26)12-21-22-20(24)17-10-15-5-3-4-6-16(15)11-19(17)27-2/h3-12H,1-2H3,(H,22,24). The van der Waals surface area contributed by atoms with Gasteiger partial charge in [0.25, 0.3) is 11.6 Å². The van der Waals surface area contributed by atoms with Gasteiger partial charge in [0.05, 0.1) is 23.8 Å². The Morgan fingerprint density at radius 3 is 2.52 bits per heavy atom. The molecule has 0 radical (unpaired) electrons. The van der Waals surface area contributed by atoms with E-state index in [0.29, 0.717) is 22.4 Å². The third kappa shape index (κ3) is 3.92. The number of amides is 1. The molecule has 0 atom stereocenters. The van der Waals surface area contributed by atoms with Gasteiger partial charge in [-0.25, -0.2) is 5.43 Å². The second kappa shape index (κ2) is 7.65. The number of nitrogens with zero attached hydrogens (tertiary/aromatic N) is 2. The van der Waals surface area contributed by atoms with Gasteiger partial charge in [-0.15, -0.1) is 0 Å². The third-order valence-corrected chi connectivity index (χ3v) is 4.12. The largest absolute Gasteiger partial charge is 0.496 e. The molecule has 27 heavy (non-hydrogen) atoms. The number of hydrazone groups is 1. The number of carbonyl (C=O) groups excluding carboxylic acids is 1. The highest BCUT2D eigenvalue weighted by atomic mass is 16.6. The number of nitrogens with one attached hydrogen (secondary N) is 1. The molecule has 0 saturated carbocycles. The Balaban J connectivity index is 1.82. The van der Waals surface area contributed by atoms with Crippen molar-refractivity contribution in [1.29, 1.82) is 0 Å². The Labute approximate surface area is 155 Å². The van der Waals surface area contributed by atoms with Crippen LogP contribution in [-0.4, -0.2) is 24.2 Å². The van der Waals surface area contributed by atoms with Gasteiger partial charge >= 0.3 is 0 Å². The molecule has 0 fully saturated rings. The van der Waals surface area contributed by atoms with Crippen molar-refractivity contribution in [3.05, 3.63) is 81.4 Å². The van der Waals surface area contributed by atoms with Crippen molar-refractivity contribution >= 4 is 28.6 Å². The van der Waals surface area contributed by atoms with Gasteiger partial charge in [0.2, 0.25) is 0 Å². The number of benzene rings is 3. The average molecular weight is 363 g/mol. The van der Waals surface area contributed by atoms with Crippen molar-refractivity contribution in [1.82, 2.24) is 5.43 Å². The van der Waals surface area contributed by atoms with Gasteiger partial charge in [-0.3, -0.25) is 14.9 Å². The number of nitro benzene ring substituents is 1. The lowest BCUT2D eigenvalue weighted by Gasteiger charge is -2.09. The Morgan fingerprint density at radius 1 is 1.15 bits per heavy atom. The number of fused-ring (bicyclic) bond motifs is 1. The molecule has 0 aliphatic carbocycles. The van der Waals surface area contributed by atoms with E-state index in [1.165, 1.54) is 19.4 Å². The zero-order chi connectivity index (χ0) is 19.4. The number of ether oxygens (including phenoxy) is 1. The fourth-order valence-electron chi connectivity index (χ4n) is 2.69. The molecule has 0 unspecified atom stereocenters. The molecule has 0 spiro atoms. The summed E-state index contributed by atoms with van der Waals surface area (Å²) in [7, 11) is 1.50. The molecule has 0 aliphatic heterocycles. The predicted molar refractivity (Wildman–Crippen MR) is 103 cm³/mol. The van der Waals surface area contributed by atoms with Crippen molar-refractivity contribution < 1.29 is 14.5 Å². The maximum Gasteiger partial charge on any atom is 0.275 e. The molecule has 3 aromatic rings. The van der Waals surface area contributed by atoms with E-state index in [-0.39, 0.29) is 5.69 Å². The van der Waals surface area contributed by atoms with Crippen LogP contribution in [0.25, 0.3) is 10.8 Å². The van der Waals surface area contributed by atoms with E-state index in [9.17, 15) is 14.9 Å². The minimum Gasteiger partial charge on any atom is -0.496 e. The summed E-state index contributed by atoms with van der Waals surface area (Å²) in [5.74, 6) is 0.00263. The van der Waals surface area contributed by atoms with Gasteiger partial charge in [-0.2, -0.15) is 5.10 Å². The van der Waals surface area contributed by atoms with Gasteiger partial charge in [0.15, 0.2) is 0 Å². The quantitative estimate of drug-likeness (QED) is 0.423. The van der Waals surface area contributed by atoms with Crippen LogP contribution < -0.4 is 10.2 Å². The summed E-state index contributed by atoms with van der Waals surface area (Å²) >= 11 is 0. The molecule has 7 heteroatoms. The maximum atomic E-state index is 12.5. The Hall–Kier alpha value is -3.74. The minimum absolute atomic E-state index is 0.00137. The van der Waals surface area contributed by atoms with E-state index < -0.39 is 10.8 Å². The summed E-state index contributed by atoms with van der Waals surface area (Å²) in [6.07, 6.45) is 1.36. The summed E-state index contributed by atoms with van der Waals surface area (Å²) < 4.78 is 5.31. The summed E-state index contributed by atoms with van der Waals surface area (Å²) in [4.78, 5) is 23.0. The van der Waals surface area contributed by atoms with Crippen LogP contribution in [0.5, 0.6) is 5.75 Å². The fraction of sp³-hybridized carbons (Fsp3) is 0.100. The number of carbonyl (C=O) groups is 1. The molecular weight excluding hydrogens is 346 g/mol. The summed E-state index contributed by atoms with van der Waals surface area (Å²) in [5.41, 5.74) is 3.85. The van der Waals surface area contributed by atoms with Gasteiger partial charge in [0, 0.05) is 17.2 Å². The van der Waals surface area contributed by atoms with Crippen LogP contribution in [0.15, 0.2) is 59.7 Å². The molecule has 0 saturated heterocycles. The van der Waals surface area contributed by atoms with Crippen LogP contribution in [0.1, 0.15) is 21.5 Å². The zero-order valence-electron chi connectivity index (χ0n) is 14.8. The lowest BCUT2D eigenvalue weighted by molar-refractivity contribution is -0.385. The summed E-state index contributed by atoms with van der Waals surface area (Å²) in [5, 5.41) is 16.8. The van der Waals surface area contributed by atoms with Crippen LogP contribution in [0, 0.1) is 17.0 Å². The SMILES string of the molecule is COc1cc2ccccc2cc1C(=O)NN=Cc1ccc(C)c([N+](=O)[O-])c1. The Kier molecular flexibility index (Phi) is 5.12. The summed E-state index contributed by atoms with van der Waals surface area (Å²) in [6, 6.07) is 15.9. The normalized spacial score (nSPS) is 10.9. The van der Waals surface area contributed by atoms with Crippen molar-refractivity contribution in [3.63, 3.8) is 0 Å². The van der Waals surface area contributed by atoms with E-state index in [2.05, 4.69) is 10.5 Å². The monoisotopic (exact) mass is 363 g/mol. The lowest BCUT2D eigenvalue weighted by Crippen LogP contribution is -2.18. The maximum absolute atomic E-state index is 12.5. The topological polar surface area (TPSA) is 93.8 Å². The number of nitro groups is 1. The first kappa shape index (κ1) is 18.1. The number of hydrogen-bond acceptors (Lipinski definition) is 5. The van der Waals surface area contributed by atoms with Crippen LogP contribution in [0.2, 0.25) is 0 Å². The van der Waals surface area contributed by atoms with Crippen molar-refractivity contribution in [2.24, 2.45) is 5.10 Å². The summed E-state index contributed by atoms with van der Waals surface area (Å²) in [6.45, 7) is 1.66. The average Bonchev–Trinajstić information content (AvgIpc) is 2.67. The molecule has 3 rings (SSSR count). The van der Waals surface area contributed by atoms with Gasteiger partial charge < -0.3 is 4.74 Å². The molecule has 0 bridgehead atoms. The lowest BCUT2D eigenvalue weighted by atomic mass is 10.1. The number of methoxy groups -OCH3 is 1. The van der Waals surface area contributed by atoms with Crippen LogP contribution >= 0.6 is 0 Å². The molecule has 0 heterocycles. The molecule has 0 aliphatic rings. The van der Waals surface area contributed by atoms with E-state index >= 15 is 0 Å². The molecule has 136 valence electrons. The van der Waals surface area contributed by atoms with Gasteiger partial charge in [0.1, 0.15) is 5.75 Å². The third-order valence-electron chi connectivity index (χ3n) is 4.12. The second-order valence-electron chi connectivity index (χ2n) is 5.90. The Bertz CT molecular complexity index is 1060. The van der Waals surface area contributed by atoms with Crippen molar-refractivity contribution in [2.75, 3.05) is 7.11 Å². The Morgan fingerprint density at radius 2 is 1.85 bits per heavy atom. The predicted octanol–water partition coefficient (Wildman–Crippen LogP) is 3.83. The molecular formula is C20H17N3O4. The van der Waals surface area contributed by atoms with Gasteiger partial charge in [-0.1, -0.05) is 36.4 Å². The molecule has 1 N–H and O–H groups in total. The van der Waals surface area contributed by atoms with E-state index in [1.807, 2.05) is 24.3 Å². The molecule has 0 aromatic heterocycles. The van der Waals surface area contributed by atoms with Crippen molar-refractivity contribution in [3.8, 4) is 5.75 Å². The van der Waals surface area contributed by atoms with E-state index in [4.69, 9.17) is 4.74 Å².